The van der Waals surface area contributed by atoms with Crippen molar-refractivity contribution in [1.82, 2.24) is 4.57 Å². The van der Waals surface area contributed by atoms with E-state index in [9.17, 15) is 15.2 Å². The molecule has 0 fully saturated rings. The van der Waals surface area contributed by atoms with E-state index in [0.29, 0.717) is 30.0 Å². The van der Waals surface area contributed by atoms with E-state index in [-0.39, 0.29) is 17.1 Å². The van der Waals surface area contributed by atoms with Gasteiger partial charge in [-0.3, -0.25) is 9.36 Å². The van der Waals surface area contributed by atoms with Gasteiger partial charge in [-0.1, -0.05) is 19.4 Å². The van der Waals surface area contributed by atoms with E-state index in [1.165, 1.54) is 4.57 Å². The Bertz CT molecular complexity index is 894. The van der Waals surface area contributed by atoms with Gasteiger partial charge in [0.05, 0.1) is 12.8 Å². The maximum absolute atomic E-state index is 12.6. The average Bonchev–Trinajstić information content (AvgIpc) is 2.62. The minimum absolute atomic E-state index is 0.0373. The van der Waals surface area contributed by atoms with Gasteiger partial charge in [0.2, 0.25) is 5.88 Å². The second-order valence-corrected chi connectivity index (χ2v) is 5.50. The number of aromatic nitrogens is 1. The SMILES string of the molecule is CCCCn1c(O)c(C#N)c(C)c(N=Nc2cccc(OC)c2)c1=O. The van der Waals surface area contributed by atoms with Gasteiger partial charge in [0.25, 0.3) is 5.56 Å². The van der Waals surface area contributed by atoms with Crippen molar-refractivity contribution in [2.45, 2.75) is 33.2 Å². The fourth-order valence-electron chi connectivity index (χ4n) is 2.36. The summed E-state index contributed by atoms with van der Waals surface area (Å²) in [6.45, 7) is 3.87. The van der Waals surface area contributed by atoms with Crippen molar-refractivity contribution in [3.63, 3.8) is 0 Å². The summed E-state index contributed by atoms with van der Waals surface area (Å²) in [6.07, 6.45) is 1.55. The largest absolute Gasteiger partial charge is 0.497 e. The lowest BCUT2D eigenvalue weighted by atomic mass is 10.1. The van der Waals surface area contributed by atoms with Gasteiger partial charge in [0.1, 0.15) is 17.4 Å². The fourth-order valence-corrected chi connectivity index (χ4v) is 2.36. The summed E-state index contributed by atoms with van der Waals surface area (Å²) in [4.78, 5) is 12.6. The Morgan fingerprint density at radius 1 is 1.36 bits per heavy atom. The number of unbranched alkanes of at least 4 members (excludes halogenated alkanes) is 1. The molecule has 1 aromatic carbocycles. The second kappa shape index (κ2) is 8.11. The Hall–Kier alpha value is -3.14. The van der Waals surface area contributed by atoms with Crippen molar-refractivity contribution in [1.29, 1.82) is 5.26 Å². The molecule has 7 nitrogen and oxygen atoms in total. The summed E-state index contributed by atoms with van der Waals surface area (Å²) < 4.78 is 6.30. The predicted octanol–water partition coefficient (Wildman–Crippen LogP) is 3.96. The summed E-state index contributed by atoms with van der Waals surface area (Å²) in [6, 6.07) is 8.87. The van der Waals surface area contributed by atoms with Gasteiger partial charge in [-0.05, 0) is 25.5 Å². The molecule has 0 unspecified atom stereocenters. The maximum atomic E-state index is 12.6. The van der Waals surface area contributed by atoms with Crippen LogP contribution >= 0.6 is 0 Å². The molecule has 1 heterocycles. The van der Waals surface area contributed by atoms with E-state index in [1.54, 1.807) is 38.3 Å². The van der Waals surface area contributed by atoms with Crippen LogP contribution in [-0.2, 0) is 6.54 Å². The Balaban J connectivity index is 2.54. The van der Waals surface area contributed by atoms with Crippen LogP contribution in [0.2, 0.25) is 0 Å². The van der Waals surface area contributed by atoms with Crippen molar-refractivity contribution < 1.29 is 9.84 Å². The number of methoxy groups -OCH3 is 1. The van der Waals surface area contributed by atoms with Crippen LogP contribution in [-0.4, -0.2) is 16.8 Å². The molecule has 2 rings (SSSR count). The Morgan fingerprint density at radius 2 is 2.12 bits per heavy atom. The topological polar surface area (TPSA) is 100.0 Å². The van der Waals surface area contributed by atoms with Crippen molar-refractivity contribution in [3.8, 4) is 17.7 Å². The molecule has 0 radical (unpaired) electrons. The first kappa shape index (κ1) is 18.2. The minimum atomic E-state index is -0.464. The van der Waals surface area contributed by atoms with Crippen LogP contribution in [0.4, 0.5) is 11.4 Å². The molecule has 130 valence electrons. The molecule has 0 saturated heterocycles. The Kier molecular flexibility index (Phi) is 5.90. The molecule has 1 aromatic heterocycles. The van der Waals surface area contributed by atoms with Crippen molar-refractivity contribution >= 4 is 11.4 Å². The number of azo groups is 1. The number of hydrogen-bond acceptors (Lipinski definition) is 6. The summed E-state index contributed by atoms with van der Waals surface area (Å²) in [5.74, 6) is 0.302. The molecular weight excluding hydrogens is 320 g/mol. The minimum Gasteiger partial charge on any atom is -0.497 e. The monoisotopic (exact) mass is 340 g/mol. The number of aromatic hydroxyl groups is 1. The molecule has 7 heteroatoms. The number of nitriles is 1. The van der Waals surface area contributed by atoms with E-state index in [2.05, 4.69) is 10.2 Å². The van der Waals surface area contributed by atoms with Gasteiger partial charge in [-0.25, -0.2) is 0 Å². The van der Waals surface area contributed by atoms with Gasteiger partial charge >= 0.3 is 0 Å². The van der Waals surface area contributed by atoms with Gasteiger partial charge in [0.15, 0.2) is 5.69 Å². The number of ether oxygens (including phenoxy) is 1. The van der Waals surface area contributed by atoms with Crippen LogP contribution in [0.1, 0.15) is 30.9 Å². The Morgan fingerprint density at radius 3 is 2.76 bits per heavy atom. The molecule has 0 atom stereocenters. The lowest BCUT2D eigenvalue weighted by molar-refractivity contribution is 0.399. The van der Waals surface area contributed by atoms with Gasteiger partial charge in [-0.15, -0.1) is 5.11 Å². The van der Waals surface area contributed by atoms with E-state index in [4.69, 9.17) is 4.74 Å². The third kappa shape index (κ3) is 3.86. The highest BCUT2D eigenvalue weighted by Gasteiger charge is 2.18. The van der Waals surface area contributed by atoms with E-state index >= 15 is 0 Å². The first-order valence-electron chi connectivity index (χ1n) is 7.95. The van der Waals surface area contributed by atoms with Crippen LogP contribution < -0.4 is 10.3 Å². The van der Waals surface area contributed by atoms with E-state index < -0.39 is 5.56 Å². The number of hydrogen-bond donors (Lipinski definition) is 1. The van der Waals surface area contributed by atoms with Crippen LogP contribution in [0, 0.1) is 18.3 Å². The normalized spacial score (nSPS) is 10.8. The summed E-state index contributed by atoms with van der Waals surface area (Å²) >= 11 is 0. The highest BCUT2D eigenvalue weighted by atomic mass is 16.5. The molecule has 0 saturated carbocycles. The number of rotatable bonds is 6. The third-order valence-corrected chi connectivity index (χ3v) is 3.82. The van der Waals surface area contributed by atoms with Crippen molar-refractivity contribution in [2.75, 3.05) is 7.11 Å². The predicted molar refractivity (Wildman–Crippen MR) is 93.9 cm³/mol. The second-order valence-electron chi connectivity index (χ2n) is 5.50. The first-order chi connectivity index (χ1) is 12.0. The molecule has 2 aromatic rings. The number of benzene rings is 1. The average molecular weight is 340 g/mol. The van der Waals surface area contributed by atoms with Gasteiger partial charge in [0, 0.05) is 18.2 Å². The van der Waals surface area contributed by atoms with E-state index in [1.807, 2.05) is 13.0 Å². The zero-order valence-corrected chi connectivity index (χ0v) is 14.5. The van der Waals surface area contributed by atoms with E-state index in [0.717, 1.165) is 6.42 Å². The molecule has 0 spiro atoms. The van der Waals surface area contributed by atoms with Crippen LogP contribution in [0.25, 0.3) is 0 Å². The molecule has 0 aliphatic heterocycles. The Labute approximate surface area is 145 Å². The molecular formula is C18H20N4O3. The molecule has 0 bridgehead atoms. The maximum Gasteiger partial charge on any atom is 0.281 e. The highest BCUT2D eigenvalue weighted by Crippen LogP contribution is 2.27. The van der Waals surface area contributed by atoms with Crippen LogP contribution in [0.3, 0.4) is 0 Å². The standard InChI is InChI=1S/C18H20N4O3/c1-4-5-9-22-17(23)15(11-19)12(2)16(18(22)24)21-20-13-7-6-8-14(10-13)25-3/h6-8,10,23H,4-5,9H2,1-3H3. The fraction of sp³-hybridized carbons (Fsp3) is 0.333. The smallest absolute Gasteiger partial charge is 0.281 e. The molecule has 0 aliphatic rings. The molecule has 0 aliphatic carbocycles. The number of nitrogens with zero attached hydrogens (tertiary/aromatic N) is 4. The van der Waals surface area contributed by atoms with Crippen molar-refractivity contribution in [2.24, 2.45) is 10.2 Å². The van der Waals surface area contributed by atoms with Gasteiger partial charge in [-0.2, -0.15) is 10.4 Å². The third-order valence-electron chi connectivity index (χ3n) is 3.82. The molecule has 25 heavy (non-hydrogen) atoms. The van der Waals surface area contributed by atoms with Crippen molar-refractivity contribution in [3.05, 3.63) is 45.7 Å². The summed E-state index contributed by atoms with van der Waals surface area (Å²) in [7, 11) is 1.55. The van der Waals surface area contributed by atoms with Gasteiger partial charge < -0.3 is 9.84 Å². The zero-order valence-electron chi connectivity index (χ0n) is 14.5. The lowest BCUT2D eigenvalue weighted by Crippen LogP contribution is -2.22. The summed E-state index contributed by atoms with van der Waals surface area (Å²) in [5, 5.41) is 27.6. The number of pyridine rings is 1. The zero-order chi connectivity index (χ0) is 18.4. The van der Waals surface area contributed by atoms with Crippen LogP contribution in [0.5, 0.6) is 11.6 Å². The first-order valence-corrected chi connectivity index (χ1v) is 7.95. The quantitative estimate of drug-likeness (QED) is 0.804. The molecule has 1 N–H and O–H groups in total. The highest BCUT2D eigenvalue weighted by molar-refractivity contribution is 5.56. The lowest BCUT2D eigenvalue weighted by Gasteiger charge is -2.12. The molecule has 0 amide bonds. The van der Waals surface area contributed by atoms with Crippen LogP contribution in [0.15, 0.2) is 39.3 Å². The summed E-state index contributed by atoms with van der Waals surface area (Å²) in [5.41, 5.74) is 0.451.